The van der Waals surface area contributed by atoms with Gasteiger partial charge in [0, 0.05) is 21.8 Å². The van der Waals surface area contributed by atoms with E-state index in [1.165, 1.54) is 0 Å². The Morgan fingerprint density at radius 2 is 2.00 bits per heavy atom. The Morgan fingerprint density at radius 1 is 1.17 bits per heavy atom. The molecule has 1 fully saturated rings. The molecule has 4 heteroatoms. The standard InChI is InChI=1S/C14H11ClN2O/c15-11-6-7-13-12(8-11)14(17(18-14)9-16-13)10-4-2-1-3-5-10/h1-8,16H,9H2. The molecule has 2 aromatic rings. The molecule has 0 amide bonds. The van der Waals surface area contributed by atoms with Crippen LogP contribution in [0.15, 0.2) is 48.5 Å². The fraction of sp³-hybridized carbons (Fsp3) is 0.143. The first-order valence-corrected chi connectivity index (χ1v) is 6.25. The molecule has 3 nitrogen and oxygen atoms in total. The molecule has 2 aromatic carbocycles. The highest BCUT2D eigenvalue weighted by Gasteiger charge is 2.61. The van der Waals surface area contributed by atoms with Crippen LogP contribution < -0.4 is 5.32 Å². The first-order valence-electron chi connectivity index (χ1n) is 5.87. The molecule has 2 aliphatic rings. The monoisotopic (exact) mass is 258 g/mol. The summed E-state index contributed by atoms with van der Waals surface area (Å²) in [6.07, 6.45) is 0. The van der Waals surface area contributed by atoms with E-state index in [2.05, 4.69) is 17.4 Å². The number of halogens is 1. The van der Waals surface area contributed by atoms with Crippen LogP contribution >= 0.6 is 11.6 Å². The van der Waals surface area contributed by atoms with Crippen molar-refractivity contribution >= 4 is 17.3 Å². The molecule has 1 N–H and O–H groups in total. The van der Waals surface area contributed by atoms with E-state index >= 15 is 0 Å². The lowest BCUT2D eigenvalue weighted by atomic mass is 9.94. The average molecular weight is 259 g/mol. The van der Waals surface area contributed by atoms with Gasteiger partial charge in [-0.3, -0.25) is 4.84 Å². The van der Waals surface area contributed by atoms with Gasteiger partial charge in [0.25, 0.3) is 0 Å². The van der Waals surface area contributed by atoms with Gasteiger partial charge in [0.15, 0.2) is 0 Å². The van der Waals surface area contributed by atoms with Gasteiger partial charge >= 0.3 is 0 Å². The summed E-state index contributed by atoms with van der Waals surface area (Å²) in [5.74, 6) is 0. The molecule has 90 valence electrons. The Morgan fingerprint density at radius 3 is 2.83 bits per heavy atom. The van der Waals surface area contributed by atoms with Crippen molar-refractivity contribution in [2.75, 3.05) is 12.0 Å². The summed E-state index contributed by atoms with van der Waals surface area (Å²) in [4.78, 5) is 5.85. The molecule has 2 unspecified atom stereocenters. The minimum atomic E-state index is -0.452. The largest absolute Gasteiger partial charge is 0.370 e. The lowest BCUT2D eigenvalue weighted by Gasteiger charge is -2.23. The third-order valence-corrected chi connectivity index (χ3v) is 3.72. The highest BCUT2D eigenvalue weighted by molar-refractivity contribution is 6.30. The Balaban J connectivity index is 1.93. The van der Waals surface area contributed by atoms with Crippen molar-refractivity contribution < 1.29 is 4.84 Å². The zero-order valence-corrected chi connectivity index (χ0v) is 10.3. The van der Waals surface area contributed by atoms with Crippen molar-refractivity contribution in [3.05, 3.63) is 64.7 Å². The van der Waals surface area contributed by atoms with E-state index in [9.17, 15) is 0 Å². The van der Waals surface area contributed by atoms with E-state index in [-0.39, 0.29) is 0 Å². The predicted octanol–water partition coefficient (Wildman–Crippen LogP) is 3.17. The third kappa shape index (κ3) is 1.27. The second-order valence-corrected chi connectivity index (χ2v) is 4.94. The topological polar surface area (TPSA) is 27.6 Å². The number of benzene rings is 2. The molecule has 0 aliphatic carbocycles. The van der Waals surface area contributed by atoms with Crippen LogP contribution in [0.25, 0.3) is 0 Å². The number of hydrogen-bond acceptors (Lipinski definition) is 3. The molecule has 4 rings (SSSR count). The van der Waals surface area contributed by atoms with Gasteiger partial charge in [0.1, 0.15) is 0 Å². The minimum Gasteiger partial charge on any atom is -0.370 e. The molecular formula is C14H11ClN2O. The second kappa shape index (κ2) is 3.48. The lowest BCUT2D eigenvalue weighted by molar-refractivity contribution is 0.207. The summed E-state index contributed by atoms with van der Waals surface area (Å²) in [6.45, 7) is 0.684. The van der Waals surface area contributed by atoms with Crippen LogP contribution in [0.2, 0.25) is 5.02 Å². The van der Waals surface area contributed by atoms with Crippen LogP contribution in [0.4, 0.5) is 5.69 Å². The van der Waals surface area contributed by atoms with Crippen LogP contribution in [0, 0.1) is 0 Å². The molecule has 0 aromatic heterocycles. The van der Waals surface area contributed by atoms with E-state index in [1.807, 2.05) is 41.5 Å². The number of nitrogens with zero attached hydrogens (tertiary/aromatic N) is 1. The second-order valence-electron chi connectivity index (χ2n) is 4.50. The Labute approximate surface area is 110 Å². The van der Waals surface area contributed by atoms with Gasteiger partial charge in [0.2, 0.25) is 5.72 Å². The summed E-state index contributed by atoms with van der Waals surface area (Å²) in [7, 11) is 0. The highest BCUT2D eigenvalue weighted by Crippen LogP contribution is 2.54. The Hall–Kier alpha value is -1.55. The maximum Gasteiger partial charge on any atom is 0.219 e. The van der Waals surface area contributed by atoms with Crippen LogP contribution in [0.5, 0.6) is 0 Å². The summed E-state index contributed by atoms with van der Waals surface area (Å²) >= 11 is 6.11. The van der Waals surface area contributed by atoms with Gasteiger partial charge in [0.05, 0.1) is 6.67 Å². The third-order valence-electron chi connectivity index (χ3n) is 3.49. The molecule has 0 spiro atoms. The smallest absolute Gasteiger partial charge is 0.219 e. The molecule has 0 saturated carbocycles. The average Bonchev–Trinajstić information content (AvgIpc) is 3.16. The van der Waals surface area contributed by atoms with Crippen LogP contribution in [0.1, 0.15) is 11.1 Å². The normalized spacial score (nSPS) is 27.9. The van der Waals surface area contributed by atoms with Crippen molar-refractivity contribution in [2.24, 2.45) is 0 Å². The van der Waals surface area contributed by atoms with Crippen LogP contribution in [-0.4, -0.2) is 11.7 Å². The van der Waals surface area contributed by atoms with E-state index in [0.29, 0.717) is 6.67 Å². The van der Waals surface area contributed by atoms with Crippen molar-refractivity contribution in [2.45, 2.75) is 5.72 Å². The summed E-state index contributed by atoms with van der Waals surface area (Å²) in [5, 5.41) is 5.97. The van der Waals surface area contributed by atoms with Crippen molar-refractivity contribution in [1.29, 1.82) is 0 Å². The summed E-state index contributed by atoms with van der Waals surface area (Å²) in [6, 6.07) is 16.1. The molecule has 2 atom stereocenters. The molecule has 2 aliphatic heterocycles. The SMILES string of the molecule is Clc1ccc2c(c1)C1(c3ccccc3)ON1CN2. The Kier molecular flexibility index (Phi) is 2.01. The molecular weight excluding hydrogens is 248 g/mol. The molecule has 18 heavy (non-hydrogen) atoms. The Bertz CT molecular complexity index is 616. The maximum atomic E-state index is 6.11. The van der Waals surface area contributed by atoms with E-state index < -0.39 is 5.72 Å². The number of anilines is 1. The fourth-order valence-electron chi connectivity index (χ4n) is 2.59. The highest BCUT2D eigenvalue weighted by atomic mass is 35.5. The predicted molar refractivity (Wildman–Crippen MR) is 70.1 cm³/mol. The van der Waals surface area contributed by atoms with Crippen molar-refractivity contribution in [1.82, 2.24) is 5.06 Å². The first kappa shape index (κ1) is 10.4. The number of nitrogens with one attached hydrogen (secondary N) is 1. The zero-order chi connectivity index (χ0) is 12.2. The maximum absolute atomic E-state index is 6.11. The van der Waals surface area contributed by atoms with Crippen molar-refractivity contribution in [3.8, 4) is 0 Å². The molecule has 0 bridgehead atoms. The lowest BCUT2D eigenvalue weighted by Crippen LogP contribution is -2.28. The van der Waals surface area contributed by atoms with Crippen LogP contribution in [0.3, 0.4) is 0 Å². The van der Waals surface area contributed by atoms with Crippen LogP contribution in [-0.2, 0) is 10.6 Å². The molecule has 0 radical (unpaired) electrons. The first-order chi connectivity index (χ1) is 8.80. The van der Waals surface area contributed by atoms with Crippen molar-refractivity contribution in [3.63, 3.8) is 0 Å². The quantitative estimate of drug-likeness (QED) is 0.796. The summed E-state index contributed by atoms with van der Waals surface area (Å²) in [5.41, 5.74) is 2.84. The van der Waals surface area contributed by atoms with E-state index in [1.54, 1.807) is 0 Å². The number of hydrogen-bond donors (Lipinski definition) is 1. The van der Waals surface area contributed by atoms with Gasteiger partial charge in [-0.15, -0.1) is 5.06 Å². The van der Waals surface area contributed by atoms with E-state index in [0.717, 1.165) is 21.8 Å². The zero-order valence-electron chi connectivity index (χ0n) is 9.56. The number of hydroxylamine groups is 2. The van der Waals surface area contributed by atoms with Gasteiger partial charge in [-0.1, -0.05) is 41.9 Å². The molecule has 1 saturated heterocycles. The number of fused-ring (bicyclic) bond motifs is 3. The summed E-state index contributed by atoms with van der Waals surface area (Å²) < 4.78 is 0. The van der Waals surface area contributed by atoms with Gasteiger partial charge in [-0.05, 0) is 18.2 Å². The van der Waals surface area contributed by atoms with Gasteiger partial charge < -0.3 is 5.32 Å². The van der Waals surface area contributed by atoms with E-state index in [4.69, 9.17) is 16.4 Å². The van der Waals surface area contributed by atoms with Gasteiger partial charge in [-0.25, -0.2) is 0 Å². The fourth-order valence-corrected chi connectivity index (χ4v) is 2.76. The number of rotatable bonds is 1. The van der Waals surface area contributed by atoms with Gasteiger partial charge in [-0.2, -0.15) is 0 Å². The molecule has 2 heterocycles. The minimum absolute atomic E-state index is 0.452.